The Morgan fingerprint density at radius 3 is 2.00 bits per heavy atom. The van der Waals surface area contributed by atoms with Crippen LogP contribution in [-0.4, -0.2) is 12.3 Å². The Bertz CT molecular complexity index is 366. The third-order valence-corrected chi connectivity index (χ3v) is 7.44. The largest absolute Gasteiger partial charge is 0.244 e. The van der Waals surface area contributed by atoms with Crippen molar-refractivity contribution in [2.75, 3.05) is 0 Å². The molecule has 0 aromatic carbocycles. The smallest absolute Gasteiger partial charge is 0.131 e. The highest BCUT2D eigenvalue weighted by atomic mass is 19.2. The van der Waals surface area contributed by atoms with Gasteiger partial charge in [-0.3, -0.25) is 0 Å². The zero-order valence-corrected chi connectivity index (χ0v) is 16.2. The summed E-state index contributed by atoms with van der Waals surface area (Å²) in [6.45, 7) is 2.29. The van der Waals surface area contributed by atoms with E-state index in [1.807, 2.05) is 5.92 Å². The standard InChI is InChI=1S/C23H38F2/c1-2-3-4-5-17-6-8-18(9-7-17)19-10-12-20(13-11-19)21-14-15-22(24)23(25)16-21/h17,19,21-23H,2-16H2,1H3. The van der Waals surface area contributed by atoms with E-state index in [1.54, 1.807) is 5.92 Å². The van der Waals surface area contributed by atoms with Gasteiger partial charge in [-0.05, 0) is 100 Å². The lowest BCUT2D eigenvalue weighted by Gasteiger charge is -2.40. The van der Waals surface area contributed by atoms with Crippen molar-refractivity contribution in [3.63, 3.8) is 0 Å². The van der Waals surface area contributed by atoms with Gasteiger partial charge in [0.25, 0.3) is 0 Å². The number of hydrogen-bond acceptors (Lipinski definition) is 0. The highest BCUT2D eigenvalue weighted by molar-refractivity contribution is 5.08. The van der Waals surface area contributed by atoms with Gasteiger partial charge < -0.3 is 0 Å². The molecule has 3 aliphatic rings. The molecule has 0 saturated heterocycles. The van der Waals surface area contributed by atoms with Gasteiger partial charge in [-0.1, -0.05) is 32.6 Å². The molecule has 3 atom stereocenters. The molecular formula is C23H38F2. The summed E-state index contributed by atoms with van der Waals surface area (Å²) in [6.07, 6.45) is 15.5. The third-order valence-electron chi connectivity index (χ3n) is 7.44. The molecule has 0 heterocycles. The van der Waals surface area contributed by atoms with Crippen LogP contribution in [-0.2, 0) is 0 Å². The lowest BCUT2D eigenvalue weighted by molar-refractivity contribution is 0.0875. The molecule has 0 amide bonds. The van der Waals surface area contributed by atoms with Gasteiger partial charge in [-0.15, -0.1) is 0 Å². The van der Waals surface area contributed by atoms with Crippen molar-refractivity contribution in [1.29, 1.82) is 0 Å². The van der Waals surface area contributed by atoms with E-state index in [-0.39, 0.29) is 0 Å². The number of hydrogen-bond donors (Lipinski definition) is 0. The van der Waals surface area contributed by atoms with Crippen molar-refractivity contribution >= 4 is 0 Å². The van der Waals surface area contributed by atoms with Crippen molar-refractivity contribution in [1.82, 2.24) is 0 Å². The van der Waals surface area contributed by atoms with Crippen LogP contribution in [0, 0.1) is 29.6 Å². The van der Waals surface area contributed by atoms with Gasteiger partial charge in [0.2, 0.25) is 0 Å². The molecule has 3 unspecified atom stereocenters. The lowest BCUT2D eigenvalue weighted by atomic mass is 9.65. The summed E-state index contributed by atoms with van der Waals surface area (Å²) < 4.78 is 27.1. The molecule has 25 heavy (non-hydrogen) atoms. The Morgan fingerprint density at radius 2 is 1.36 bits per heavy atom. The average molecular weight is 353 g/mol. The molecule has 3 rings (SSSR count). The summed E-state index contributed by atoms with van der Waals surface area (Å²) in [5.41, 5.74) is 0. The predicted octanol–water partition coefficient (Wildman–Crippen LogP) is 7.57. The molecular weight excluding hydrogens is 314 g/mol. The van der Waals surface area contributed by atoms with E-state index < -0.39 is 12.3 Å². The van der Waals surface area contributed by atoms with E-state index in [0.29, 0.717) is 18.8 Å². The zero-order chi connectivity index (χ0) is 17.6. The van der Waals surface area contributed by atoms with E-state index in [2.05, 4.69) is 6.92 Å². The molecule has 0 spiro atoms. The summed E-state index contributed by atoms with van der Waals surface area (Å²) in [5, 5.41) is 0. The minimum absolute atomic E-state index is 0.377. The van der Waals surface area contributed by atoms with Gasteiger partial charge >= 0.3 is 0 Å². The predicted molar refractivity (Wildman–Crippen MR) is 102 cm³/mol. The van der Waals surface area contributed by atoms with Crippen LogP contribution in [0.3, 0.4) is 0 Å². The van der Waals surface area contributed by atoms with E-state index in [4.69, 9.17) is 0 Å². The van der Waals surface area contributed by atoms with Crippen molar-refractivity contribution in [3.05, 3.63) is 11.8 Å². The minimum atomic E-state index is -1.21. The van der Waals surface area contributed by atoms with Crippen LogP contribution >= 0.6 is 0 Å². The molecule has 0 aromatic rings. The highest BCUT2D eigenvalue weighted by Crippen LogP contribution is 2.47. The molecule has 0 N–H and O–H groups in total. The second-order valence-corrected chi connectivity index (χ2v) is 9.07. The first kappa shape index (κ1) is 19.6. The first-order chi connectivity index (χ1) is 12.2. The Morgan fingerprint density at radius 1 is 0.720 bits per heavy atom. The van der Waals surface area contributed by atoms with Crippen LogP contribution in [0.25, 0.3) is 0 Å². The van der Waals surface area contributed by atoms with Crippen LogP contribution in [0.4, 0.5) is 8.78 Å². The van der Waals surface area contributed by atoms with Gasteiger partial charge in [-0.2, -0.15) is 0 Å². The fourth-order valence-corrected chi connectivity index (χ4v) is 5.68. The lowest BCUT2D eigenvalue weighted by Crippen LogP contribution is -2.33. The fraction of sp³-hybridized carbons (Fsp3) is 0.913. The van der Waals surface area contributed by atoms with Gasteiger partial charge in [0.1, 0.15) is 12.3 Å². The maximum Gasteiger partial charge on any atom is 0.131 e. The molecule has 3 saturated carbocycles. The molecule has 3 aliphatic carbocycles. The Hall–Kier alpha value is -0.140. The normalized spacial score (nSPS) is 34.4. The molecule has 0 nitrogen and oxygen atoms in total. The second kappa shape index (κ2) is 9.70. The molecule has 2 heteroatoms. The van der Waals surface area contributed by atoms with E-state index in [0.717, 1.165) is 18.3 Å². The summed E-state index contributed by atoms with van der Waals surface area (Å²) in [4.78, 5) is 0. The molecule has 2 radical (unpaired) electrons. The second-order valence-electron chi connectivity index (χ2n) is 9.07. The monoisotopic (exact) mass is 352 g/mol. The third kappa shape index (κ3) is 5.42. The minimum Gasteiger partial charge on any atom is -0.244 e. The number of halogens is 2. The van der Waals surface area contributed by atoms with Crippen molar-refractivity contribution in [2.45, 2.75) is 116 Å². The fourth-order valence-electron chi connectivity index (χ4n) is 5.68. The quantitative estimate of drug-likeness (QED) is 0.432. The first-order valence-electron chi connectivity index (χ1n) is 11.1. The summed E-state index contributed by atoms with van der Waals surface area (Å²) >= 11 is 0. The average Bonchev–Trinajstić information content (AvgIpc) is 2.65. The van der Waals surface area contributed by atoms with Crippen LogP contribution in [0.5, 0.6) is 0 Å². The van der Waals surface area contributed by atoms with E-state index >= 15 is 0 Å². The summed E-state index contributed by atoms with van der Waals surface area (Å²) in [5.74, 6) is 5.61. The van der Waals surface area contributed by atoms with Gasteiger partial charge in [0, 0.05) is 0 Å². The molecule has 0 bridgehead atoms. The van der Waals surface area contributed by atoms with Crippen molar-refractivity contribution in [2.24, 2.45) is 17.8 Å². The van der Waals surface area contributed by atoms with Crippen LogP contribution in [0.2, 0.25) is 0 Å². The molecule has 3 fully saturated rings. The number of alkyl halides is 2. The van der Waals surface area contributed by atoms with Crippen LogP contribution < -0.4 is 0 Å². The van der Waals surface area contributed by atoms with E-state index in [1.165, 1.54) is 77.0 Å². The van der Waals surface area contributed by atoms with Crippen molar-refractivity contribution < 1.29 is 8.78 Å². The maximum absolute atomic E-state index is 13.7. The Kier molecular flexibility index (Phi) is 7.61. The molecule has 144 valence electrons. The Balaban J connectivity index is 1.36. The summed E-state index contributed by atoms with van der Waals surface area (Å²) in [6, 6.07) is 0. The zero-order valence-electron chi connectivity index (χ0n) is 16.2. The Labute approximate surface area is 154 Å². The van der Waals surface area contributed by atoms with Gasteiger partial charge in [0.15, 0.2) is 0 Å². The van der Waals surface area contributed by atoms with Gasteiger partial charge in [0.05, 0.1) is 0 Å². The highest BCUT2D eigenvalue weighted by Gasteiger charge is 2.38. The molecule has 0 aliphatic heterocycles. The number of rotatable bonds is 6. The van der Waals surface area contributed by atoms with Crippen molar-refractivity contribution in [3.8, 4) is 0 Å². The summed E-state index contributed by atoms with van der Waals surface area (Å²) in [7, 11) is 0. The topological polar surface area (TPSA) is 0 Å². The van der Waals surface area contributed by atoms with E-state index in [9.17, 15) is 8.78 Å². The van der Waals surface area contributed by atoms with Crippen LogP contribution in [0.15, 0.2) is 0 Å². The van der Waals surface area contributed by atoms with Gasteiger partial charge in [-0.25, -0.2) is 8.78 Å². The molecule has 0 aromatic heterocycles. The SMILES string of the molecule is CCCCCC1CC[C](C2CC[C](C3CCC(F)C(F)C3)CC2)CC1. The first-order valence-corrected chi connectivity index (χ1v) is 11.1. The van der Waals surface area contributed by atoms with Crippen LogP contribution in [0.1, 0.15) is 103 Å². The maximum atomic E-state index is 13.7. The number of unbranched alkanes of at least 4 members (excludes halogenated alkanes) is 2.